The predicted molar refractivity (Wildman–Crippen MR) is 86.6 cm³/mol. The Balaban J connectivity index is 1.90. The first-order valence-electron chi connectivity index (χ1n) is 7.22. The van der Waals surface area contributed by atoms with Crippen LogP contribution in [0.25, 0.3) is 10.9 Å². The monoisotopic (exact) mass is 294 g/mol. The van der Waals surface area contributed by atoms with Crippen LogP contribution in [-0.2, 0) is 11.4 Å². The zero-order valence-corrected chi connectivity index (χ0v) is 12.4. The van der Waals surface area contributed by atoms with E-state index in [0.29, 0.717) is 6.61 Å². The van der Waals surface area contributed by atoms with Gasteiger partial charge in [-0.15, -0.1) is 0 Å². The van der Waals surface area contributed by atoms with Gasteiger partial charge in [0.1, 0.15) is 18.4 Å². The van der Waals surface area contributed by atoms with E-state index in [9.17, 15) is 4.79 Å². The van der Waals surface area contributed by atoms with Gasteiger partial charge in [0.15, 0.2) is 0 Å². The highest BCUT2D eigenvalue weighted by Crippen LogP contribution is 2.29. The molecule has 0 bridgehead atoms. The summed E-state index contributed by atoms with van der Waals surface area (Å²) >= 11 is 0. The number of carbonyl (C=O) groups excluding carboxylic acids is 1. The van der Waals surface area contributed by atoms with Gasteiger partial charge in [-0.25, -0.2) is 0 Å². The predicted octanol–water partition coefficient (Wildman–Crippen LogP) is 3.27. The van der Waals surface area contributed by atoms with E-state index in [-0.39, 0.29) is 11.9 Å². The quantitative estimate of drug-likeness (QED) is 0.785. The Bertz CT molecular complexity index is 793. The SMILES string of the molecule is CC(C(N)=O)n1ccc2c(OCc3ccccc3)cccc21. The van der Waals surface area contributed by atoms with E-state index in [1.54, 1.807) is 6.92 Å². The van der Waals surface area contributed by atoms with Crippen LogP contribution in [0.1, 0.15) is 18.5 Å². The van der Waals surface area contributed by atoms with Crippen molar-refractivity contribution in [2.24, 2.45) is 5.73 Å². The van der Waals surface area contributed by atoms with Crippen molar-refractivity contribution in [3.63, 3.8) is 0 Å². The highest BCUT2D eigenvalue weighted by atomic mass is 16.5. The maximum atomic E-state index is 11.4. The summed E-state index contributed by atoms with van der Waals surface area (Å²) < 4.78 is 7.80. The molecule has 0 aliphatic rings. The number of rotatable bonds is 5. The minimum atomic E-state index is -0.387. The zero-order chi connectivity index (χ0) is 15.5. The summed E-state index contributed by atoms with van der Waals surface area (Å²) in [5.74, 6) is 0.449. The number of carbonyl (C=O) groups is 1. The van der Waals surface area contributed by atoms with Crippen LogP contribution in [0.15, 0.2) is 60.8 Å². The molecule has 1 unspecified atom stereocenters. The number of nitrogens with zero attached hydrogens (tertiary/aromatic N) is 1. The maximum Gasteiger partial charge on any atom is 0.240 e. The minimum Gasteiger partial charge on any atom is -0.488 e. The second-order valence-electron chi connectivity index (χ2n) is 5.26. The summed E-state index contributed by atoms with van der Waals surface area (Å²) in [5.41, 5.74) is 7.46. The molecule has 22 heavy (non-hydrogen) atoms. The van der Waals surface area contributed by atoms with E-state index in [1.165, 1.54) is 0 Å². The van der Waals surface area contributed by atoms with Gasteiger partial charge in [-0.05, 0) is 30.7 Å². The van der Waals surface area contributed by atoms with Gasteiger partial charge >= 0.3 is 0 Å². The fourth-order valence-electron chi connectivity index (χ4n) is 2.50. The molecule has 112 valence electrons. The number of fused-ring (bicyclic) bond motifs is 1. The lowest BCUT2D eigenvalue weighted by atomic mass is 10.2. The summed E-state index contributed by atoms with van der Waals surface area (Å²) in [6.07, 6.45) is 1.87. The van der Waals surface area contributed by atoms with Gasteiger partial charge in [0, 0.05) is 11.6 Å². The van der Waals surface area contributed by atoms with Crippen molar-refractivity contribution in [1.29, 1.82) is 0 Å². The molecule has 3 aromatic rings. The fourth-order valence-corrected chi connectivity index (χ4v) is 2.50. The van der Waals surface area contributed by atoms with Crippen LogP contribution in [0.2, 0.25) is 0 Å². The Labute approximate surface area is 129 Å². The summed E-state index contributed by atoms with van der Waals surface area (Å²) in [6, 6.07) is 17.4. The first kappa shape index (κ1) is 14.2. The first-order chi connectivity index (χ1) is 10.7. The van der Waals surface area contributed by atoms with E-state index in [2.05, 4.69) is 0 Å². The van der Waals surface area contributed by atoms with Crippen molar-refractivity contribution in [2.75, 3.05) is 0 Å². The second kappa shape index (κ2) is 5.93. The van der Waals surface area contributed by atoms with E-state index in [4.69, 9.17) is 10.5 Å². The Kier molecular flexibility index (Phi) is 3.83. The van der Waals surface area contributed by atoms with Crippen molar-refractivity contribution >= 4 is 16.8 Å². The molecule has 0 fully saturated rings. The Morgan fingerprint density at radius 2 is 1.91 bits per heavy atom. The highest BCUT2D eigenvalue weighted by molar-refractivity contribution is 5.88. The minimum absolute atomic E-state index is 0.354. The van der Waals surface area contributed by atoms with Gasteiger partial charge in [-0.3, -0.25) is 4.79 Å². The van der Waals surface area contributed by atoms with Crippen LogP contribution in [0.3, 0.4) is 0 Å². The summed E-state index contributed by atoms with van der Waals surface area (Å²) in [6.45, 7) is 2.30. The van der Waals surface area contributed by atoms with Crippen LogP contribution >= 0.6 is 0 Å². The lowest BCUT2D eigenvalue weighted by molar-refractivity contribution is -0.120. The third-order valence-corrected chi connectivity index (χ3v) is 3.79. The molecule has 2 aromatic carbocycles. The molecule has 2 N–H and O–H groups in total. The number of hydrogen-bond acceptors (Lipinski definition) is 2. The normalized spacial score (nSPS) is 12.2. The molecule has 0 spiro atoms. The molecule has 0 aliphatic carbocycles. The number of amides is 1. The summed E-state index contributed by atoms with van der Waals surface area (Å²) in [5, 5.41) is 0.978. The number of hydrogen-bond donors (Lipinski definition) is 1. The molecule has 0 radical (unpaired) electrons. The Morgan fingerprint density at radius 3 is 2.64 bits per heavy atom. The lowest BCUT2D eigenvalue weighted by Crippen LogP contribution is -2.23. The summed E-state index contributed by atoms with van der Waals surface area (Å²) in [7, 11) is 0. The van der Waals surface area contributed by atoms with E-state index < -0.39 is 0 Å². The molecular formula is C18H18N2O2. The third kappa shape index (κ3) is 2.68. The molecular weight excluding hydrogens is 276 g/mol. The van der Waals surface area contributed by atoms with Gasteiger partial charge in [-0.2, -0.15) is 0 Å². The van der Waals surface area contributed by atoms with Gasteiger partial charge < -0.3 is 15.0 Å². The van der Waals surface area contributed by atoms with E-state index in [0.717, 1.165) is 22.2 Å². The summed E-state index contributed by atoms with van der Waals surface area (Å²) in [4.78, 5) is 11.4. The average Bonchev–Trinajstić information content (AvgIpc) is 2.97. The number of ether oxygens (including phenoxy) is 1. The molecule has 0 saturated carbocycles. The zero-order valence-electron chi connectivity index (χ0n) is 12.4. The maximum absolute atomic E-state index is 11.4. The van der Waals surface area contributed by atoms with Crippen molar-refractivity contribution in [2.45, 2.75) is 19.6 Å². The molecule has 3 rings (SSSR count). The number of benzene rings is 2. The van der Waals surface area contributed by atoms with Crippen LogP contribution in [0.4, 0.5) is 0 Å². The van der Waals surface area contributed by atoms with Crippen LogP contribution < -0.4 is 10.5 Å². The Morgan fingerprint density at radius 1 is 1.14 bits per heavy atom. The van der Waals surface area contributed by atoms with Gasteiger partial charge in [-0.1, -0.05) is 36.4 Å². The van der Waals surface area contributed by atoms with Gasteiger partial charge in [0.2, 0.25) is 5.91 Å². The topological polar surface area (TPSA) is 57.2 Å². The fraction of sp³-hybridized carbons (Fsp3) is 0.167. The molecule has 1 aromatic heterocycles. The standard InChI is InChI=1S/C18H18N2O2/c1-13(18(19)21)20-11-10-15-16(20)8-5-9-17(15)22-12-14-6-3-2-4-7-14/h2-11,13H,12H2,1H3,(H2,19,21). The molecule has 0 saturated heterocycles. The lowest BCUT2D eigenvalue weighted by Gasteiger charge is -2.12. The largest absolute Gasteiger partial charge is 0.488 e. The smallest absolute Gasteiger partial charge is 0.240 e. The highest BCUT2D eigenvalue weighted by Gasteiger charge is 2.14. The molecule has 1 atom stereocenters. The number of aromatic nitrogens is 1. The van der Waals surface area contributed by atoms with Crippen LogP contribution in [-0.4, -0.2) is 10.5 Å². The van der Waals surface area contributed by atoms with E-state index >= 15 is 0 Å². The average molecular weight is 294 g/mol. The van der Waals surface area contributed by atoms with Crippen molar-refractivity contribution in [1.82, 2.24) is 4.57 Å². The van der Waals surface area contributed by atoms with Crippen LogP contribution in [0.5, 0.6) is 5.75 Å². The van der Waals surface area contributed by atoms with Crippen molar-refractivity contribution < 1.29 is 9.53 Å². The van der Waals surface area contributed by atoms with Crippen molar-refractivity contribution in [3.8, 4) is 5.75 Å². The first-order valence-corrected chi connectivity index (χ1v) is 7.22. The molecule has 4 nitrogen and oxygen atoms in total. The van der Waals surface area contributed by atoms with Gasteiger partial charge in [0.05, 0.1) is 5.52 Å². The number of primary amides is 1. The molecule has 0 aliphatic heterocycles. The van der Waals surface area contributed by atoms with Crippen LogP contribution in [0, 0.1) is 0 Å². The molecule has 1 heterocycles. The molecule has 4 heteroatoms. The third-order valence-electron chi connectivity index (χ3n) is 3.79. The van der Waals surface area contributed by atoms with Gasteiger partial charge in [0.25, 0.3) is 0 Å². The molecule has 1 amide bonds. The van der Waals surface area contributed by atoms with Crippen molar-refractivity contribution in [3.05, 3.63) is 66.4 Å². The second-order valence-corrected chi connectivity index (χ2v) is 5.26. The number of nitrogens with two attached hydrogens (primary N) is 1. The Hall–Kier alpha value is -2.75. The van der Waals surface area contributed by atoms with E-state index in [1.807, 2.05) is 65.4 Å².